The number of aliphatic hydroxyl groups is 1. The molecule has 0 radical (unpaired) electrons. The van der Waals surface area contributed by atoms with Gasteiger partial charge in [0.15, 0.2) is 11.6 Å². The number of imidazole rings is 1. The molecule has 0 spiro atoms. The summed E-state index contributed by atoms with van der Waals surface area (Å²) in [5.41, 5.74) is 11.5. The highest BCUT2D eigenvalue weighted by Gasteiger charge is 2.19. The number of fused-ring (bicyclic) bond motifs is 1. The highest BCUT2D eigenvalue weighted by Crippen LogP contribution is 2.27. The number of likely N-dealkylation sites (tertiary alicyclic amines) is 1. The molecule has 2 aromatic heterocycles. The first-order valence-electron chi connectivity index (χ1n) is 14.1. The van der Waals surface area contributed by atoms with E-state index in [0.29, 0.717) is 45.4 Å². The van der Waals surface area contributed by atoms with E-state index in [1.165, 1.54) is 23.8 Å². The van der Waals surface area contributed by atoms with Crippen molar-refractivity contribution in [1.29, 1.82) is 0 Å². The van der Waals surface area contributed by atoms with E-state index in [4.69, 9.17) is 10.7 Å². The SMILES string of the molecule is Nc1ncc(-c2cccc(CCN3CCCC(CO)C3)c2)nc1-c1nc2cc(C(=O)Nc3cccc(F)c3)ccc2[nH]1. The zero-order chi connectivity index (χ0) is 29.1. The third kappa shape index (κ3) is 6.14. The van der Waals surface area contributed by atoms with Gasteiger partial charge in [0.1, 0.15) is 11.5 Å². The number of nitrogens with one attached hydrogen (secondary N) is 2. The highest BCUT2D eigenvalue weighted by atomic mass is 19.1. The number of benzene rings is 3. The quantitative estimate of drug-likeness (QED) is 0.210. The van der Waals surface area contributed by atoms with Crippen LogP contribution in [-0.4, -0.2) is 62.1 Å². The number of nitrogens with two attached hydrogens (primary N) is 1. The second-order valence-corrected chi connectivity index (χ2v) is 10.7. The van der Waals surface area contributed by atoms with Crippen molar-refractivity contribution in [3.63, 3.8) is 0 Å². The van der Waals surface area contributed by atoms with Gasteiger partial charge in [-0.3, -0.25) is 4.79 Å². The molecule has 5 aromatic rings. The number of amides is 1. The van der Waals surface area contributed by atoms with Crippen LogP contribution < -0.4 is 11.1 Å². The van der Waals surface area contributed by atoms with E-state index in [-0.39, 0.29) is 18.3 Å². The number of hydrogen-bond acceptors (Lipinski definition) is 7. The topological polar surface area (TPSA) is 133 Å². The molecular weight excluding hydrogens is 533 g/mol. The summed E-state index contributed by atoms with van der Waals surface area (Å²) in [6, 6.07) is 19.1. The Morgan fingerprint density at radius 3 is 2.86 bits per heavy atom. The van der Waals surface area contributed by atoms with Crippen LogP contribution in [0.15, 0.2) is 72.9 Å². The van der Waals surface area contributed by atoms with Crippen LogP contribution in [0.1, 0.15) is 28.8 Å². The number of aromatic amines is 1. The van der Waals surface area contributed by atoms with Crippen molar-refractivity contribution < 1.29 is 14.3 Å². The molecule has 0 saturated carbocycles. The number of halogens is 1. The standard InChI is InChI=1S/C32H32FN7O2/c33-24-7-2-8-25(16-24)36-32(42)23-9-10-26-27(15-23)39-31(38-26)29-30(34)35-17-28(37-29)22-6-1-4-20(14-22)11-13-40-12-3-5-21(18-40)19-41/h1-2,4,6-10,14-17,21,41H,3,5,11-13,18-19H2,(H2,34,35)(H,36,42)(H,38,39). The molecular formula is C32H32FN7O2. The molecule has 42 heavy (non-hydrogen) atoms. The van der Waals surface area contributed by atoms with Gasteiger partial charge < -0.3 is 26.0 Å². The summed E-state index contributed by atoms with van der Waals surface area (Å²) in [6.45, 7) is 3.21. The molecule has 1 amide bonds. The normalized spacial score (nSPS) is 15.6. The number of aromatic nitrogens is 4. The minimum atomic E-state index is -0.428. The van der Waals surface area contributed by atoms with Crippen molar-refractivity contribution in [2.24, 2.45) is 5.92 Å². The first-order chi connectivity index (χ1) is 20.4. The summed E-state index contributed by atoms with van der Waals surface area (Å²) < 4.78 is 13.5. The summed E-state index contributed by atoms with van der Waals surface area (Å²) in [5, 5.41) is 12.2. The fourth-order valence-corrected chi connectivity index (χ4v) is 5.42. The molecule has 10 heteroatoms. The number of nitrogen functional groups attached to an aromatic ring is 1. The minimum Gasteiger partial charge on any atom is -0.396 e. The van der Waals surface area contributed by atoms with E-state index < -0.39 is 5.82 Å². The molecule has 1 fully saturated rings. The molecule has 5 N–H and O–H groups in total. The number of anilines is 2. The third-order valence-electron chi connectivity index (χ3n) is 7.65. The van der Waals surface area contributed by atoms with E-state index in [0.717, 1.165) is 44.5 Å². The highest BCUT2D eigenvalue weighted by molar-refractivity contribution is 6.06. The fraction of sp³-hybridized carbons (Fsp3) is 0.250. The number of piperidine rings is 1. The lowest BCUT2D eigenvalue weighted by atomic mass is 9.98. The van der Waals surface area contributed by atoms with Crippen LogP contribution in [0.5, 0.6) is 0 Å². The zero-order valence-corrected chi connectivity index (χ0v) is 23.1. The smallest absolute Gasteiger partial charge is 0.255 e. The maximum absolute atomic E-state index is 13.5. The molecule has 6 rings (SSSR count). The Kier molecular flexibility index (Phi) is 7.89. The van der Waals surface area contributed by atoms with Crippen molar-refractivity contribution >= 4 is 28.4 Å². The van der Waals surface area contributed by atoms with E-state index >= 15 is 0 Å². The van der Waals surface area contributed by atoms with E-state index in [9.17, 15) is 14.3 Å². The van der Waals surface area contributed by atoms with Gasteiger partial charge in [-0.1, -0.05) is 24.3 Å². The Morgan fingerprint density at radius 1 is 1.12 bits per heavy atom. The third-order valence-corrected chi connectivity index (χ3v) is 7.65. The zero-order valence-electron chi connectivity index (χ0n) is 23.1. The number of hydrogen-bond donors (Lipinski definition) is 4. The Labute approximate surface area is 242 Å². The van der Waals surface area contributed by atoms with E-state index in [1.807, 2.05) is 12.1 Å². The molecule has 1 aliphatic heterocycles. The number of aliphatic hydroxyl groups excluding tert-OH is 1. The number of rotatable bonds is 8. The van der Waals surface area contributed by atoms with Gasteiger partial charge in [0.2, 0.25) is 0 Å². The lowest BCUT2D eigenvalue weighted by Crippen LogP contribution is -2.37. The molecule has 9 nitrogen and oxygen atoms in total. The summed E-state index contributed by atoms with van der Waals surface area (Å²) in [7, 11) is 0. The van der Waals surface area contributed by atoms with Gasteiger partial charge in [-0.15, -0.1) is 0 Å². The second kappa shape index (κ2) is 12.1. The fourth-order valence-electron chi connectivity index (χ4n) is 5.42. The van der Waals surface area contributed by atoms with Crippen LogP contribution in [0.2, 0.25) is 0 Å². The molecule has 1 atom stereocenters. The molecule has 1 aliphatic rings. The van der Waals surface area contributed by atoms with Gasteiger partial charge in [0.05, 0.1) is 22.9 Å². The van der Waals surface area contributed by atoms with Crippen LogP contribution in [0, 0.1) is 11.7 Å². The average molecular weight is 566 g/mol. The van der Waals surface area contributed by atoms with Crippen LogP contribution in [-0.2, 0) is 6.42 Å². The summed E-state index contributed by atoms with van der Waals surface area (Å²) >= 11 is 0. The second-order valence-electron chi connectivity index (χ2n) is 10.7. The van der Waals surface area contributed by atoms with Crippen molar-refractivity contribution in [2.75, 3.05) is 37.3 Å². The first kappa shape index (κ1) is 27.5. The first-order valence-corrected chi connectivity index (χ1v) is 14.1. The van der Waals surface area contributed by atoms with Gasteiger partial charge in [0.25, 0.3) is 5.91 Å². The maximum Gasteiger partial charge on any atom is 0.255 e. The summed E-state index contributed by atoms with van der Waals surface area (Å²) in [4.78, 5) is 32.3. The van der Waals surface area contributed by atoms with Crippen molar-refractivity contribution in [3.8, 4) is 22.8 Å². The molecule has 3 heterocycles. The van der Waals surface area contributed by atoms with Crippen LogP contribution in [0.3, 0.4) is 0 Å². The van der Waals surface area contributed by atoms with Gasteiger partial charge >= 0.3 is 0 Å². The Bertz CT molecular complexity index is 1740. The van der Waals surface area contributed by atoms with Crippen LogP contribution in [0.4, 0.5) is 15.9 Å². The minimum absolute atomic E-state index is 0.238. The van der Waals surface area contributed by atoms with Crippen LogP contribution in [0.25, 0.3) is 33.8 Å². The number of carbonyl (C=O) groups excluding carboxylic acids is 1. The Morgan fingerprint density at radius 2 is 2.00 bits per heavy atom. The van der Waals surface area contributed by atoms with Crippen molar-refractivity contribution in [3.05, 3.63) is 89.9 Å². The molecule has 0 aliphatic carbocycles. The Balaban J connectivity index is 1.20. The lowest BCUT2D eigenvalue weighted by Gasteiger charge is -2.31. The van der Waals surface area contributed by atoms with E-state index in [2.05, 4.69) is 37.3 Å². The number of carbonyl (C=O) groups is 1. The maximum atomic E-state index is 13.5. The number of nitrogens with zero attached hydrogens (tertiary/aromatic N) is 4. The average Bonchev–Trinajstić information content (AvgIpc) is 3.44. The Hall–Kier alpha value is -4.67. The molecule has 3 aromatic carbocycles. The summed E-state index contributed by atoms with van der Waals surface area (Å²) in [5.74, 6) is 0.251. The van der Waals surface area contributed by atoms with Gasteiger partial charge in [-0.25, -0.2) is 19.3 Å². The molecule has 1 unspecified atom stereocenters. The molecule has 0 bridgehead atoms. The van der Waals surface area contributed by atoms with E-state index in [1.54, 1.807) is 30.5 Å². The molecule has 1 saturated heterocycles. The lowest BCUT2D eigenvalue weighted by molar-refractivity contribution is 0.102. The van der Waals surface area contributed by atoms with Gasteiger partial charge in [-0.05, 0) is 79.8 Å². The van der Waals surface area contributed by atoms with Gasteiger partial charge in [-0.2, -0.15) is 0 Å². The number of H-pyrrole nitrogens is 1. The predicted molar refractivity (Wildman–Crippen MR) is 161 cm³/mol. The van der Waals surface area contributed by atoms with Crippen molar-refractivity contribution in [1.82, 2.24) is 24.8 Å². The van der Waals surface area contributed by atoms with Crippen molar-refractivity contribution in [2.45, 2.75) is 19.3 Å². The molecule has 214 valence electrons. The monoisotopic (exact) mass is 565 g/mol. The van der Waals surface area contributed by atoms with Gasteiger partial charge in [0, 0.05) is 36.5 Å². The summed E-state index contributed by atoms with van der Waals surface area (Å²) in [6.07, 6.45) is 4.78. The largest absolute Gasteiger partial charge is 0.396 e. The predicted octanol–water partition coefficient (Wildman–Crippen LogP) is 4.91. The van der Waals surface area contributed by atoms with Crippen LogP contribution >= 0.6 is 0 Å².